The van der Waals surface area contributed by atoms with Gasteiger partial charge >= 0.3 is 0 Å². The minimum atomic E-state index is -1.37. The molecule has 2 aliphatic rings. The molecule has 2 rings (SSSR count). The van der Waals surface area contributed by atoms with Crippen LogP contribution in [0.4, 0.5) is 0 Å². The predicted molar refractivity (Wildman–Crippen MR) is 94.6 cm³/mol. The molecule has 0 aromatic carbocycles. The van der Waals surface area contributed by atoms with Gasteiger partial charge in [0.2, 0.25) is 6.54 Å². The van der Waals surface area contributed by atoms with Crippen LogP contribution in [-0.2, 0) is 18.5 Å². The molecule has 7 heteroatoms. The lowest BCUT2D eigenvalue weighted by molar-refractivity contribution is -0.167. The maximum atomic E-state index is 8.04. The molecule has 138 valence electrons. The zero-order valence-electron chi connectivity index (χ0n) is 16.6. The van der Waals surface area contributed by atoms with Crippen molar-refractivity contribution in [1.29, 1.82) is 0 Å². The third kappa shape index (κ3) is 3.77. The zero-order valence-corrected chi connectivity index (χ0v) is 16.5. The highest BCUT2D eigenvalue weighted by atomic mass is 31.2. The van der Waals surface area contributed by atoms with Crippen LogP contribution in [0.2, 0.25) is 0 Å². The van der Waals surface area contributed by atoms with Crippen molar-refractivity contribution in [1.82, 2.24) is 4.67 Å². The van der Waals surface area contributed by atoms with E-state index in [1.54, 1.807) is 0 Å². The van der Waals surface area contributed by atoms with E-state index in [2.05, 4.69) is 37.2 Å². The Bertz CT molecular complexity index is 482. The second kappa shape index (κ2) is 7.95. The quantitative estimate of drug-likeness (QED) is 0.376. The summed E-state index contributed by atoms with van der Waals surface area (Å²) in [7, 11) is -1.37. The molecule has 0 saturated carbocycles. The Hall–Kier alpha value is -0.280. The molecule has 2 saturated heterocycles. The lowest BCUT2D eigenvalue weighted by Crippen LogP contribution is -2.44. The summed E-state index contributed by atoms with van der Waals surface area (Å²) in [6, 6.07) is 0.475. The van der Waals surface area contributed by atoms with Crippen LogP contribution in [0.5, 0.6) is 0 Å². The fourth-order valence-electron chi connectivity index (χ4n) is 3.40. The molecule has 2 bridgehead atoms. The summed E-state index contributed by atoms with van der Waals surface area (Å²) in [5.74, 6) is 0. The number of rotatable bonds is 8. The molecule has 0 aromatic heterocycles. The highest BCUT2D eigenvalue weighted by Crippen LogP contribution is 2.54. The summed E-state index contributed by atoms with van der Waals surface area (Å²) in [5, 5.41) is 0. The maximum absolute atomic E-state index is 8.04. The molecule has 0 amide bonds. The minimum absolute atomic E-state index is 0.0915. The van der Waals surface area contributed by atoms with E-state index >= 15 is 0 Å². The lowest BCUT2D eigenvalue weighted by Gasteiger charge is -2.38. The first kappa shape index (κ1) is 18.5. The first-order chi connectivity index (χ1) is 11.8. The van der Waals surface area contributed by atoms with Gasteiger partial charge in [-0.3, -0.25) is 0 Å². The highest BCUT2D eigenvalue weighted by molar-refractivity contribution is 7.44. The van der Waals surface area contributed by atoms with Gasteiger partial charge in [-0.05, 0) is 48.4 Å². The van der Waals surface area contributed by atoms with Crippen molar-refractivity contribution in [3.63, 3.8) is 0 Å². The Labute approximate surface area is 149 Å². The van der Waals surface area contributed by atoms with Crippen molar-refractivity contribution in [2.24, 2.45) is 0 Å². The third-order valence-electron chi connectivity index (χ3n) is 4.55. The van der Waals surface area contributed by atoms with E-state index in [-0.39, 0.29) is 43.4 Å². The number of hydrogen-bond donors (Lipinski definition) is 0. The number of hydrogen-bond acceptors (Lipinski definition) is 5. The van der Waals surface area contributed by atoms with Gasteiger partial charge < -0.3 is 23.4 Å². The fraction of sp³-hybridized carbons (Fsp3) is 0.941. The molecule has 3 unspecified atom stereocenters. The van der Waals surface area contributed by atoms with Gasteiger partial charge in [0.05, 0.1) is 12.2 Å². The Balaban J connectivity index is 2.22. The van der Waals surface area contributed by atoms with E-state index in [9.17, 15) is 0 Å². The largest absolute Gasteiger partial charge is 0.367 e. The second-order valence-corrected chi connectivity index (χ2v) is 8.47. The summed E-state index contributed by atoms with van der Waals surface area (Å²) in [5.41, 5.74) is -0.743. The van der Waals surface area contributed by atoms with Crippen LogP contribution in [0, 0.1) is 6.57 Å². The highest BCUT2D eigenvalue weighted by Gasteiger charge is 2.63. The molecule has 2 fully saturated rings. The number of nitrogens with zero attached hydrogens (tertiary/aromatic N) is 2. The minimum Gasteiger partial charge on any atom is -0.367 e. The summed E-state index contributed by atoms with van der Waals surface area (Å²) < 4.78 is 34.8. The van der Waals surface area contributed by atoms with E-state index in [1.165, 1.54) is 0 Å². The molecule has 0 radical (unpaired) electrons. The number of ether oxygens (including phenoxy) is 2. The van der Waals surface area contributed by atoms with Gasteiger partial charge in [0.1, 0.15) is 24.4 Å². The monoisotopic (exact) mass is 359 g/mol. The molecule has 6 atom stereocenters. The topological polar surface area (TPSA) is 44.5 Å². The van der Waals surface area contributed by atoms with E-state index in [1.807, 2.05) is 13.8 Å². The lowest BCUT2D eigenvalue weighted by atomic mass is 9.96. The molecule has 2 heterocycles. The normalized spacial score (nSPS) is 37.2. The summed E-state index contributed by atoms with van der Waals surface area (Å²) in [6.45, 7) is 20.1. The summed E-state index contributed by atoms with van der Waals surface area (Å²) >= 11 is 0. The molecule has 0 aromatic rings. The van der Waals surface area contributed by atoms with Gasteiger partial charge in [-0.1, -0.05) is 0 Å². The van der Waals surface area contributed by atoms with E-state index in [0.29, 0.717) is 13.2 Å². The smallest absolute Gasteiger partial charge is 0.259 e. The maximum Gasteiger partial charge on any atom is 0.259 e. The van der Waals surface area contributed by atoms with Crippen molar-refractivity contribution in [2.45, 2.75) is 90.5 Å². The Morgan fingerprint density at radius 1 is 1.33 bits per heavy atom. The van der Waals surface area contributed by atoms with Crippen molar-refractivity contribution < 1.29 is 19.9 Å². The van der Waals surface area contributed by atoms with Gasteiger partial charge in [0.25, 0.3) is 8.53 Å². The number of fused-ring (bicyclic) bond motifs is 2. The van der Waals surface area contributed by atoms with E-state index in [4.69, 9.17) is 26.5 Å². The molecular weight excluding hydrogens is 327 g/mol. The molecule has 0 spiro atoms. The Kier molecular flexibility index (Phi) is 6.13. The van der Waals surface area contributed by atoms with Crippen molar-refractivity contribution >= 4 is 8.53 Å². The van der Waals surface area contributed by atoms with Crippen LogP contribution in [0.1, 0.15) is 49.8 Å². The van der Waals surface area contributed by atoms with Crippen molar-refractivity contribution in [3.8, 4) is 0 Å². The Morgan fingerprint density at radius 2 is 2.00 bits per heavy atom. The van der Waals surface area contributed by atoms with Gasteiger partial charge in [0, 0.05) is 13.5 Å². The van der Waals surface area contributed by atoms with Crippen LogP contribution in [0.15, 0.2) is 0 Å². The Morgan fingerprint density at radius 3 is 2.54 bits per heavy atom. The summed E-state index contributed by atoms with van der Waals surface area (Å²) in [4.78, 5) is 3.37. The first-order valence-electron chi connectivity index (χ1n) is 9.33. The van der Waals surface area contributed by atoms with Crippen LogP contribution in [0.25, 0.3) is 4.85 Å². The third-order valence-corrected chi connectivity index (χ3v) is 6.66. The molecule has 24 heavy (non-hydrogen) atoms. The van der Waals surface area contributed by atoms with Gasteiger partial charge in [-0.25, -0.2) is 11.2 Å². The first-order valence-corrected chi connectivity index (χ1v) is 9.75. The fourth-order valence-corrected chi connectivity index (χ4v) is 5.19. The second-order valence-electron chi connectivity index (χ2n) is 7.07. The van der Waals surface area contributed by atoms with Crippen molar-refractivity contribution in [2.75, 3.05) is 13.2 Å². The average molecular weight is 359 g/mol. The molecular formula is C17H31N2O4P. The van der Waals surface area contributed by atoms with Crippen molar-refractivity contribution in [3.05, 3.63) is 11.4 Å². The van der Waals surface area contributed by atoms with Gasteiger partial charge in [-0.15, -0.1) is 0 Å². The van der Waals surface area contributed by atoms with Crippen LogP contribution >= 0.6 is 8.53 Å². The van der Waals surface area contributed by atoms with Gasteiger partial charge in [-0.2, -0.15) is 0 Å². The molecule has 0 N–H and O–H groups in total. The summed E-state index contributed by atoms with van der Waals surface area (Å²) in [6.07, 6.45) is -0.786. The standard InChI is InChI=1S/C17H31N2O4P/c1-11(2)19(12(3)4)24(20-10-9-18-8)23-16-15-13(5)22-17(16,7)14(6)21-15/h11-16H,9-10H2,1-7H3/t13-,14?,15?,16+,17-,24?/m0/s1/i7D. The molecule has 2 aliphatic heterocycles. The van der Waals surface area contributed by atoms with Crippen LogP contribution in [-0.4, -0.2) is 59.9 Å². The average Bonchev–Trinajstić information content (AvgIpc) is 2.94. The predicted octanol–water partition coefficient (Wildman–Crippen LogP) is 3.62. The zero-order chi connectivity index (χ0) is 18.8. The molecule has 0 aliphatic carbocycles. The van der Waals surface area contributed by atoms with Crippen LogP contribution < -0.4 is 0 Å². The van der Waals surface area contributed by atoms with Gasteiger partial charge in [0.15, 0.2) is 0 Å². The van der Waals surface area contributed by atoms with E-state index in [0.717, 1.165) is 0 Å². The van der Waals surface area contributed by atoms with E-state index < -0.39 is 14.1 Å². The molecule has 6 nitrogen and oxygen atoms in total. The SMILES string of the molecule is [2H]C[C@]12O[C@@H](C)C(OC1C)[C@H]2OP(OCC[N+]#[C-])N(C(C)C)C(C)C. The van der Waals surface area contributed by atoms with Crippen LogP contribution in [0.3, 0.4) is 0 Å².